The largest absolute Gasteiger partial charge is 0.481 e. The lowest BCUT2D eigenvalue weighted by atomic mass is 9.80. The fourth-order valence-electron chi connectivity index (χ4n) is 12.0. The highest BCUT2D eigenvalue weighted by atomic mass is 35.5. The molecular weight excluding hydrogens is 960 g/mol. The van der Waals surface area contributed by atoms with Gasteiger partial charge in [-0.2, -0.15) is 0 Å². The number of fused-ring (bicyclic) bond motifs is 4. The predicted octanol–water partition coefficient (Wildman–Crippen LogP) is 13.8. The van der Waals surface area contributed by atoms with Gasteiger partial charge in [-0.15, -0.1) is 0 Å². The van der Waals surface area contributed by atoms with Crippen molar-refractivity contribution in [2.75, 3.05) is 40.3 Å². The van der Waals surface area contributed by atoms with Crippen LogP contribution in [-0.2, 0) is 31.9 Å². The van der Waals surface area contributed by atoms with Crippen molar-refractivity contribution in [1.82, 2.24) is 20.0 Å². The van der Waals surface area contributed by atoms with Crippen molar-refractivity contribution < 1.29 is 33.8 Å². The molecule has 2 heterocycles. The van der Waals surface area contributed by atoms with Crippen LogP contribution in [0.3, 0.4) is 0 Å². The van der Waals surface area contributed by atoms with Crippen LogP contribution in [0, 0.1) is 35.5 Å². The standard InChI is InChI=1S/C30H43ClN2O3.C16H20ClN.C14H25NO4/c1-19(2)15-27-26-17-22-16-23(31)11-12-24(22)25(26)13-14-33(27)28(34)21-9-7-20(8-10-21)18-32(6)29(35)36-30(3,4)5;1-10(2)7-16-15-9-11-8-12(17)3-4-13(11)14(15)5-6-18-16;1-14(2,3)19-13(18)15(4)9-10-5-7-11(8-6-10)12(16)17/h11-12,16,19-21,27H,7-10,13-15,17-18H2,1-6H3;3-4,8,10,16,18H,5-7,9H2,1-2H3;10-11H,5-9H2,1-4H3,(H,16,17). The quantitative estimate of drug-likeness (QED) is 0.241. The van der Waals surface area contributed by atoms with Gasteiger partial charge in [0.2, 0.25) is 5.91 Å². The van der Waals surface area contributed by atoms with Gasteiger partial charge in [0, 0.05) is 55.7 Å². The number of aliphatic carboxylic acids is 1. The maximum absolute atomic E-state index is 13.9. The summed E-state index contributed by atoms with van der Waals surface area (Å²) in [6.45, 7) is 23.6. The Morgan fingerprint density at radius 1 is 0.671 bits per heavy atom. The summed E-state index contributed by atoms with van der Waals surface area (Å²) in [5.74, 6) is 1.58. The second kappa shape index (κ2) is 25.2. The van der Waals surface area contributed by atoms with Crippen LogP contribution in [0.15, 0.2) is 47.5 Å². The monoisotopic (exact) mass is 1050 g/mol. The van der Waals surface area contributed by atoms with Gasteiger partial charge in [-0.1, -0.05) is 63.0 Å². The van der Waals surface area contributed by atoms with Gasteiger partial charge >= 0.3 is 18.2 Å². The van der Waals surface area contributed by atoms with Crippen LogP contribution in [-0.4, -0.2) is 107 Å². The number of amides is 3. The number of carboxylic acid groups (broad SMARTS) is 1. The topological polar surface area (TPSA) is 129 Å². The number of carbonyl (C=O) groups excluding carboxylic acids is 3. The third-order valence-electron chi connectivity index (χ3n) is 15.4. The summed E-state index contributed by atoms with van der Waals surface area (Å²) >= 11 is 12.4. The molecule has 73 heavy (non-hydrogen) atoms. The summed E-state index contributed by atoms with van der Waals surface area (Å²) in [5.41, 5.74) is 10.6. The fourth-order valence-corrected chi connectivity index (χ4v) is 12.4. The Bertz CT molecular complexity index is 2330. The highest BCUT2D eigenvalue weighted by Gasteiger charge is 2.40. The third-order valence-corrected chi connectivity index (χ3v) is 15.9. The Labute approximate surface area is 448 Å². The van der Waals surface area contributed by atoms with Crippen LogP contribution in [0.25, 0.3) is 11.1 Å². The first kappa shape index (κ1) is 58.2. The van der Waals surface area contributed by atoms with E-state index < -0.39 is 17.2 Å². The molecule has 11 nitrogen and oxygen atoms in total. The van der Waals surface area contributed by atoms with E-state index in [1.165, 1.54) is 46.2 Å². The summed E-state index contributed by atoms with van der Waals surface area (Å²) < 4.78 is 10.8. The molecule has 13 heteroatoms. The first-order valence-electron chi connectivity index (χ1n) is 27.4. The molecule has 4 aliphatic carbocycles. The Hall–Kier alpha value is -4.06. The molecule has 2 saturated carbocycles. The molecule has 0 spiro atoms. The van der Waals surface area contributed by atoms with Crippen molar-refractivity contribution >= 4 is 58.4 Å². The molecule has 6 aliphatic rings. The molecule has 404 valence electrons. The van der Waals surface area contributed by atoms with E-state index in [-0.39, 0.29) is 30.1 Å². The summed E-state index contributed by atoms with van der Waals surface area (Å²) in [5, 5.41) is 14.3. The van der Waals surface area contributed by atoms with Crippen molar-refractivity contribution in [1.29, 1.82) is 0 Å². The lowest BCUT2D eigenvalue weighted by Gasteiger charge is -2.41. The minimum atomic E-state index is -0.695. The van der Waals surface area contributed by atoms with Gasteiger partial charge in [-0.25, -0.2) is 9.59 Å². The number of carboxylic acids is 1. The van der Waals surface area contributed by atoms with Crippen molar-refractivity contribution in [3.63, 3.8) is 0 Å². The summed E-state index contributed by atoms with van der Waals surface area (Å²) in [4.78, 5) is 54.4. The van der Waals surface area contributed by atoms with Crippen molar-refractivity contribution in [2.24, 2.45) is 35.5 Å². The summed E-state index contributed by atoms with van der Waals surface area (Å²) in [6, 6.07) is 13.4. The molecule has 0 bridgehead atoms. The maximum atomic E-state index is 13.9. The third kappa shape index (κ3) is 16.2. The number of ether oxygens (including phenoxy) is 2. The average molecular weight is 1050 g/mol. The Kier molecular flexibility index (Phi) is 20.1. The number of rotatable bonds is 10. The summed E-state index contributed by atoms with van der Waals surface area (Å²) in [6.07, 6.45) is 12.7. The van der Waals surface area contributed by atoms with Crippen molar-refractivity contribution in [3.8, 4) is 0 Å². The van der Waals surface area contributed by atoms with Gasteiger partial charge in [0.15, 0.2) is 0 Å². The number of carbonyl (C=O) groups is 4. The van der Waals surface area contributed by atoms with Gasteiger partial charge in [0.25, 0.3) is 0 Å². The number of hydrogen-bond donors (Lipinski definition) is 2. The van der Waals surface area contributed by atoms with Gasteiger partial charge in [0.1, 0.15) is 11.2 Å². The van der Waals surface area contributed by atoms with E-state index in [1.807, 2.05) is 60.7 Å². The normalized spacial score (nSPS) is 23.5. The predicted molar refractivity (Wildman–Crippen MR) is 296 cm³/mol. The number of benzene rings is 2. The molecule has 2 fully saturated rings. The minimum absolute atomic E-state index is 0.0862. The molecule has 0 radical (unpaired) electrons. The van der Waals surface area contributed by atoms with Crippen molar-refractivity contribution in [3.05, 3.63) is 79.8 Å². The maximum Gasteiger partial charge on any atom is 0.410 e. The van der Waals surface area contributed by atoms with E-state index in [0.29, 0.717) is 55.6 Å². The van der Waals surface area contributed by atoms with Crippen LogP contribution < -0.4 is 5.32 Å². The van der Waals surface area contributed by atoms with E-state index in [2.05, 4.69) is 62.2 Å². The molecule has 2 aromatic rings. The second-order valence-corrected chi connectivity index (χ2v) is 25.6. The first-order chi connectivity index (χ1) is 34.3. The SMILES string of the molecule is CC(C)CC1C2=C(CCN1C(=O)C1CCC(CN(C)C(=O)OC(C)(C)C)CC1)c1ccc(Cl)cc1C2.CC(C)CC1NCCC2=C1Cc1cc(Cl)ccc12.CN(CC1CCC(C(=O)O)CC1)C(=O)OC(C)(C)C. The average Bonchev–Trinajstić information content (AvgIpc) is 3.86. The zero-order valence-electron chi connectivity index (χ0n) is 46.3. The number of nitrogens with one attached hydrogen (secondary N) is 1. The fraction of sp³-hybridized carbons (Fsp3) is 0.667. The summed E-state index contributed by atoms with van der Waals surface area (Å²) in [7, 11) is 3.55. The van der Waals surface area contributed by atoms with Crippen LogP contribution >= 0.6 is 23.2 Å². The van der Waals surface area contributed by atoms with Gasteiger partial charge in [-0.05, 0) is 230 Å². The molecule has 3 amide bonds. The molecular formula is C60H88Cl2N4O7. The number of halogens is 2. The smallest absolute Gasteiger partial charge is 0.410 e. The first-order valence-corrected chi connectivity index (χ1v) is 28.2. The molecule has 2 aliphatic heterocycles. The molecule has 0 aromatic heterocycles. The van der Waals surface area contributed by atoms with Crippen LogP contribution in [0.2, 0.25) is 10.0 Å². The minimum Gasteiger partial charge on any atom is -0.481 e. The molecule has 2 atom stereocenters. The van der Waals surface area contributed by atoms with Crippen LogP contribution in [0.4, 0.5) is 9.59 Å². The van der Waals surface area contributed by atoms with Gasteiger partial charge in [-0.3, -0.25) is 9.59 Å². The number of nitrogens with zero attached hydrogens (tertiary/aromatic N) is 3. The van der Waals surface area contributed by atoms with E-state index in [1.54, 1.807) is 28.0 Å². The van der Waals surface area contributed by atoms with E-state index in [0.717, 1.165) is 93.3 Å². The zero-order valence-corrected chi connectivity index (χ0v) is 47.8. The van der Waals surface area contributed by atoms with E-state index in [9.17, 15) is 19.2 Å². The van der Waals surface area contributed by atoms with E-state index in [4.69, 9.17) is 37.8 Å². The van der Waals surface area contributed by atoms with E-state index >= 15 is 0 Å². The lowest BCUT2D eigenvalue weighted by Crippen LogP contribution is -2.48. The molecule has 0 saturated heterocycles. The second-order valence-electron chi connectivity index (χ2n) is 24.8. The zero-order chi connectivity index (χ0) is 53.5. The lowest BCUT2D eigenvalue weighted by molar-refractivity contribution is -0.143. The highest BCUT2D eigenvalue weighted by Crippen LogP contribution is 2.45. The molecule has 8 rings (SSSR count). The van der Waals surface area contributed by atoms with Gasteiger partial charge in [0.05, 0.1) is 12.0 Å². The van der Waals surface area contributed by atoms with Crippen LogP contribution in [0.5, 0.6) is 0 Å². The Balaban J connectivity index is 0.000000197. The number of hydrogen-bond acceptors (Lipinski definition) is 7. The van der Waals surface area contributed by atoms with Crippen molar-refractivity contribution in [2.45, 2.75) is 182 Å². The molecule has 2 N–H and O–H groups in total. The Morgan fingerprint density at radius 3 is 1.58 bits per heavy atom. The van der Waals surface area contributed by atoms with Crippen LogP contribution in [0.1, 0.15) is 169 Å². The highest BCUT2D eigenvalue weighted by molar-refractivity contribution is 6.31. The molecule has 2 aromatic carbocycles. The van der Waals surface area contributed by atoms with Gasteiger partial charge < -0.3 is 34.6 Å². The Morgan fingerprint density at radius 2 is 1.12 bits per heavy atom. The molecule has 2 unspecified atom stereocenters.